The normalized spacial score (nSPS) is 22.0. The third-order valence-corrected chi connectivity index (χ3v) is 4.07. The van der Waals surface area contributed by atoms with Gasteiger partial charge in [0.2, 0.25) is 0 Å². The monoisotopic (exact) mass is 310 g/mol. The molecular weight excluding hydrogens is 292 g/mol. The number of anilines is 1. The number of hydrogen-bond donors (Lipinski definition) is 2. The van der Waals surface area contributed by atoms with Crippen molar-refractivity contribution in [2.45, 2.75) is 32.7 Å². The molecule has 1 aliphatic rings. The van der Waals surface area contributed by atoms with Crippen molar-refractivity contribution in [1.29, 1.82) is 0 Å². The van der Waals surface area contributed by atoms with E-state index in [1.54, 1.807) is 11.0 Å². The van der Waals surface area contributed by atoms with Crippen LogP contribution in [0.3, 0.4) is 0 Å². The zero-order chi connectivity index (χ0) is 15.6. The second-order valence-electron chi connectivity index (χ2n) is 5.61. The number of halogens is 1. The Kier molecular flexibility index (Phi) is 4.73. The van der Waals surface area contributed by atoms with Crippen LogP contribution in [0.4, 0.5) is 10.5 Å². The lowest BCUT2D eigenvalue weighted by Gasteiger charge is -2.36. The van der Waals surface area contributed by atoms with Crippen LogP contribution in [-0.2, 0) is 0 Å². The molecule has 114 valence electrons. The number of carbonyl (C=O) groups is 2. The number of amides is 2. The number of nitrogens with one attached hydrogen (secondary N) is 1. The van der Waals surface area contributed by atoms with Crippen molar-refractivity contribution in [3.63, 3.8) is 0 Å². The summed E-state index contributed by atoms with van der Waals surface area (Å²) in [6.45, 7) is 4.80. The highest BCUT2D eigenvalue weighted by atomic mass is 35.5. The molecule has 0 spiro atoms. The minimum Gasteiger partial charge on any atom is -0.478 e. The van der Waals surface area contributed by atoms with E-state index in [0.717, 1.165) is 12.8 Å². The second-order valence-corrected chi connectivity index (χ2v) is 6.05. The standard InChI is InChI=1S/C15H19ClN2O3/c1-9-3-4-10(2)18(8-9)15(21)17-13-6-5-11(16)7-12(13)14(19)20/h5-7,9-10H,3-4,8H2,1-2H3,(H,17,21)(H,19,20). The third kappa shape index (κ3) is 3.67. The maximum absolute atomic E-state index is 12.4. The van der Waals surface area contributed by atoms with Gasteiger partial charge >= 0.3 is 12.0 Å². The van der Waals surface area contributed by atoms with Crippen LogP contribution in [0.15, 0.2) is 18.2 Å². The van der Waals surface area contributed by atoms with Gasteiger partial charge in [-0.3, -0.25) is 0 Å². The summed E-state index contributed by atoms with van der Waals surface area (Å²) in [5.41, 5.74) is 0.260. The van der Waals surface area contributed by atoms with Gasteiger partial charge < -0.3 is 15.3 Å². The highest BCUT2D eigenvalue weighted by Gasteiger charge is 2.27. The Balaban J connectivity index is 2.17. The van der Waals surface area contributed by atoms with E-state index in [1.165, 1.54) is 12.1 Å². The number of carboxylic acid groups (broad SMARTS) is 1. The Morgan fingerprint density at radius 3 is 2.71 bits per heavy atom. The highest BCUT2D eigenvalue weighted by Crippen LogP contribution is 2.24. The van der Waals surface area contributed by atoms with Gasteiger partial charge in [-0.15, -0.1) is 0 Å². The number of aromatic carboxylic acids is 1. The number of hydrogen-bond acceptors (Lipinski definition) is 2. The van der Waals surface area contributed by atoms with E-state index in [-0.39, 0.29) is 23.3 Å². The van der Waals surface area contributed by atoms with E-state index in [2.05, 4.69) is 12.2 Å². The fourth-order valence-electron chi connectivity index (χ4n) is 2.56. The van der Waals surface area contributed by atoms with Crippen molar-refractivity contribution < 1.29 is 14.7 Å². The molecule has 6 heteroatoms. The number of urea groups is 1. The molecule has 1 fully saturated rings. The summed E-state index contributed by atoms with van der Waals surface area (Å²) in [6, 6.07) is 4.30. The van der Waals surface area contributed by atoms with Gasteiger partial charge in [-0.1, -0.05) is 18.5 Å². The predicted molar refractivity (Wildman–Crippen MR) is 82.0 cm³/mol. The first-order valence-corrected chi connectivity index (χ1v) is 7.36. The van der Waals surface area contributed by atoms with Crippen LogP contribution >= 0.6 is 11.6 Å². The molecule has 1 saturated heterocycles. The summed E-state index contributed by atoms with van der Waals surface area (Å²) in [5.74, 6) is -0.663. The molecule has 2 atom stereocenters. The van der Waals surface area contributed by atoms with Gasteiger partial charge in [-0.25, -0.2) is 9.59 Å². The topological polar surface area (TPSA) is 69.6 Å². The zero-order valence-corrected chi connectivity index (χ0v) is 12.9. The average Bonchev–Trinajstić information content (AvgIpc) is 2.43. The summed E-state index contributed by atoms with van der Waals surface area (Å²) in [7, 11) is 0. The molecule has 1 aliphatic heterocycles. The van der Waals surface area contributed by atoms with Crippen LogP contribution in [0.2, 0.25) is 5.02 Å². The first kappa shape index (κ1) is 15.6. The average molecular weight is 311 g/mol. The fraction of sp³-hybridized carbons (Fsp3) is 0.467. The van der Waals surface area contributed by atoms with E-state index in [9.17, 15) is 14.7 Å². The predicted octanol–water partition coefficient (Wildman–Crippen LogP) is 3.69. The van der Waals surface area contributed by atoms with Crippen molar-refractivity contribution in [1.82, 2.24) is 4.90 Å². The van der Waals surface area contributed by atoms with Crippen LogP contribution < -0.4 is 5.32 Å². The first-order valence-electron chi connectivity index (χ1n) is 6.99. The van der Waals surface area contributed by atoms with Crippen molar-refractivity contribution in [3.05, 3.63) is 28.8 Å². The quantitative estimate of drug-likeness (QED) is 0.875. The number of likely N-dealkylation sites (tertiary alicyclic amines) is 1. The second kappa shape index (κ2) is 6.35. The largest absolute Gasteiger partial charge is 0.478 e. The number of carbonyl (C=O) groups excluding carboxylic acids is 1. The van der Waals surface area contributed by atoms with Crippen LogP contribution in [-0.4, -0.2) is 34.6 Å². The Morgan fingerprint density at radius 1 is 1.33 bits per heavy atom. The molecule has 1 aromatic rings. The van der Waals surface area contributed by atoms with Crippen molar-refractivity contribution in [2.24, 2.45) is 5.92 Å². The van der Waals surface area contributed by atoms with Gasteiger partial charge in [0.25, 0.3) is 0 Å². The third-order valence-electron chi connectivity index (χ3n) is 3.83. The zero-order valence-electron chi connectivity index (χ0n) is 12.1. The molecule has 0 aliphatic carbocycles. The number of nitrogens with zero attached hydrogens (tertiary/aromatic N) is 1. The van der Waals surface area contributed by atoms with E-state index in [0.29, 0.717) is 17.5 Å². The molecule has 0 bridgehead atoms. The molecule has 21 heavy (non-hydrogen) atoms. The molecule has 1 aromatic carbocycles. The minimum atomic E-state index is -1.12. The summed E-state index contributed by atoms with van der Waals surface area (Å²) in [4.78, 5) is 25.4. The molecule has 0 radical (unpaired) electrons. The summed E-state index contributed by atoms with van der Waals surface area (Å²) in [6.07, 6.45) is 2.06. The fourth-order valence-corrected chi connectivity index (χ4v) is 2.73. The minimum absolute atomic E-state index is 0.00596. The van der Waals surface area contributed by atoms with Crippen LogP contribution in [0.5, 0.6) is 0 Å². The summed E-state index contributed by atoms with van der Waals surface area (Å²) < 4.78 is 0. The van der Waals surface area contributed by atoms with E-state index < -0.39 is 5.97 Å². The van der Waals surface area contributed by atoms with Crippen LogP contribution in [0.1, 0.15) is 37.0 Å². The number of piperidine rings is 1. The van der Waals surface area contributed by atoms with E-state index in [1.807, 2.05) is 6.92 Å². The van der Waals surface area contributed by atoms with Gasteiger partial charge in [0.15, 0.2) is 0 Å². The molecule has 2 unspecified atom stereocenters. The highest BCUT2D eigenvalue weighted by molar-refractivity contribution is 6.31. The van der Waals surface area contributed by atoms with E-state index in [4.69, 9.17) is 11.6 Å². The Hall–Kier alpha value is -1.75. The molecule has 2 N–H and O–H groups in total. The molecule has 1 heterocycles. The van der Waals surface area contributed by atoms with E-state index >= 15 is 0 Å². The molecular formula is C15H19ClN2O3. The van der Waals surface area contributed by atoms with Crippen LogP contribution in [0, 0.1) is 5.92 Å². The van der Waals surface area contributed by atoms with Crippen molar-refractivity contribution >= 4 is 29.3 Å². The smallest absolute Gasteiger partial charge is 0.337 e. The lowest BCUT2D eigenvalue weighted by Crippen LogP contribution is -2.47. The lowest BCUT2D eigenvalue weighted by molar-refractivity contribution is 0.0698. The van der Waals surface area contributed by atoms with Gasteiger partial charge in [-0.05, 0) is 43.9 Å². The maximum atomic E-state index is 12.4. The van der Waals surface area contributed by atoms with Crippen LogP contribution in [0.25, 0.3) is 0 Å². The van der Waals surface area contributed by atoms with Gasteiger partial charge in [-0.2, -0.15) is 0 Å². The SMILES string of the molecule is CC1CCC(C)N(C(=O)Nc2ccc(Cl)cc2C(=O)O)C1. The molecule has 0 saturated carbocycles. The maximum Gasteiger partial charge on any atom is 0.337 e. The number of carboxylic acids is 1. The summed E-state index contributed by atoms with van der Waals surface area (Å²) >= 11 is 5.80. The van der Waals surface area contributed by atoms with Gasteiger partial charge in [0, 0.05) is 17.6 Å². The Morgan fingerprint density at radius 2 is 2.05 bits per heavy atom. The molecule has 0 aromatic heterocycles. The number of rotatable bonds is 2. The molecule has 2 amide bonds. The molecule has 2 rings (SSSR count). The number of benzene rings is 1. The first-order chi connectivity index (χ1) is 9.88. The Bertz CT molecular complexity index is 562. The molecule has 5 nitrogen and oxygen atoms in total. The van der Waals surface area contributed by atoms with Gasteiger partial charge in [0.05, 0.1) is 11.3 Å². The lowest BCUT2D eigenvalue weighted by atomic mass is 9.95. The Labute approximate surface area is 128 Å². The van der Waals surface area contributed by atoms with Crippen molar-refractivity contribution in [3.8, 4) is 0 Å². The van der Waals surface area contributed by atoms with Crippen molar-refractivity contribution in [2.75, 3.05) is 11.9 Å². The van der Waals surface area contributed by atoms with Gasteiger partial charge in [0.1, 0.15) is 0 Å². The summed E-state index contributed by atoms with van der Waals surface area (Å²) in [5, 5.41) is 12.2.